The third-order valence-corrected chi connectivity index (χ3v) is 4.15. The lowest BCUT2D eigenvalue weighted by Gasteiger charge is -2.11. The molecule has 26 heavy (non-hydrogen) atoms. The SMILES string of the molecule is Cn1ncc2c(C(=O)NCC(F)(F)F)cc(-c3ccc(Cl)cc3Cl)nc21. The molecule has 136 valence electrons. The maximum Gasteiger partial charge on any atom is 0.405 e. The van der Waals surface area contributed by atoms with Crippen LogP contribution < -0.4 is 5.32 Å². The van der Waals surface area contributed by atoms with Crippen LogP contribution in [0, 0.1) is 0 Å². The minimum atomic E-state index is -4.51. The molecule has 1 amide bonds. The molecular formula is C16H11Cl2F3N4O. The van der Waals surface area contributed by atoms with Crippen molar-refractivity contribution in [1.29, 1.82) is 0 Å². The van der Waals surface area contributed by atoms with Gasteiger partial charge < -0.3 is 5.32 Å². The summed E-state index contributed by atoms with van der Waals surface area (Å²) < 4.78 is 38.7. The fourth-order valence-corrected chi connectivity index (χ4v) is 2.92. The van der Waals surface area contributed by atoms with Crippen LogP contribution in [0.2, 0.25) is 10.0 Å². The van der Waals surface area contributed by atoms with Crippen LogP contribution in [0.15, 0.2) is 30.5 Å². The zero-order valence-corrected chi connectivity index (χ0v) is 14.7. The molecule has 1 N–H and O–H groups in total. The molecule has 0 aliphatic rings. The summed E-state index contributed by atoms with van der Waals surface area (Å²) in [6.07, 6.45) is -3.14. The van der Waals surface area contributed by atoms with E-state index >= 15 is 0 Å². The number of pyridine rings is 1. The number of alkyl halides is 3. The van der Waals surface area contributed by atoms with Gasteiger partial charge in [0.2, 0.25) is 0 Å². The lowest BCUT2D eigenvalue weighted by Crippen LogP contribution is -2.33. The Labute approximate surface area is 155 Å². The number of halogens is 5. The van der Waals surface area contributed by atoms with E-state index in [1.54, 1.807) is 19.2 Å². The van der Waals surface area contributed by atoms with E-state index in [2.05, 4.69) is 10.1 Å². The summed E-state index contributed by atoms with van der Waals surface area (Å²) >= 11 is 12.1. The fourth-order valence-electron chi connectivity index (χ4n) is 2.41. The normalized spacial score (nSPS) is 11.8. The van der Waals surface area contributed by atoms with Gasteiger partial charge in [0.05, 0.1) is 27.9 Å². The number of hydrogen-bond donors (Lipinski definition) is 1. The highest BCUT2D eigenvalue weighted by atomic mass is 35.5. The third kappa shape index (κ3) is 3.76. The highest BCUT2D eigenvalue weighted by Crippen LogP contribution is 2.31. The second kappa shape index (κ2) is 6.77. The Bertz CT molecular complexity index is 1000. The highest BCUT2D eigenvalue weighted by molar-refractivity contribution is 6.36. The summed E-state index contributed by atoms with van der Waals surface area (Å²) in [7, 11) is 1.61. The Morgan fingerprint density at radius 1 is 1.27 bits per heavy atom. The minimum absolute atomic E-state index is 0.0216. The molecule has 2 heterocycles. The Morgan fingerprint density at radius 2 is 2.00 bits per heavy atom. The molecule has 0 saturated heterocycles. The van der Waals surface area contributed by atoms with Crippen molar-refractivity contribution < 1.29 is 18.0 Å². The second-order valence-electron chi connectivity index (χ2n) is 5.48. The van der Waals surface area contributed by atoms with E-state index in [9.17, 15) is 18.0 Å². The maximum absolute atomic E-state index is 12.4. The smallest absolute Gasteiger partial charge is 0.343 e. The molecule has 0 atom stereocenters. The molecule has 0 unspecified atom stereocenters. The number of aromatic nitrogens is 3. The number of benzene rings is 1. The predicted octanol–water partition coefficient (Wildman–Crippen LogP) is 4.23. The van der Waals surface area contributed by atoms with Gasteiger partial charge in [-0.15, -0.1) is 0 Å². The largest absolute Gasteiger partial charge is 0.405 e. The van der Waals surface area contributed by atoms with Gasteiger partial charge in [-0.3, -0.25) is 9.48 Å². The Balaban J connectivity index is 2.12. The number of hydrogen-bond acceptors (Lipinski definition) is 3. The Kier molecular flexibility index (Phi) is 4.81. The molecule has 10 heteroatoms. The molecule has 0 fully saturated rings. The van der Waals surface area contributed by atoms with Crippen molar-refractivity contribution in [2.45, 2.75) is 6.18 Å². The maximum atomic E-state index is 12.4. The van der Waals surface area contributed by atoms with Gasteiger partial charge in [0.15, 0.2) is 5.65 Å². The van der Waals surface area contributed by atoms with Crippen molar-refractivity contribution in [2.24, 2.45) is 7.05 Å². The first-order valence-electron chi connectivity index (χ1n) is 7.29. The summed E-state index contributed by atoms with van der Waals surface area (Å²) in [6.45, 7) is -1.44. The van der Waals surface area contributed by atoms with Crippen molar-refractivity contribution in [3.8, 4) is 11.3 Å². The quantitative estimate of drug-likeness (QED) is 0.712. The number of nitrogens with one attached hydrogen (secondary N) is 1. The number of carbonyl (C=O) groups is 1. The van der Waals surface area contributed by atoms with Crippen molar-refractivity contribution >= 4 is 40.1 Å². The molecule has 3 rings (SSSR count). The first kappa shape index (κ1) is 18.5. The molecule has 0 saturated carbocycles. The van der Waals surface area contributed by atoms with Crippen LogP contribution in [-0.2, 0) is 7.05 Å². The standard InChI is InChI=1S/C16H11Cl2F3N4O/c1-25-14-11(6-23-25)10(15(26)22-7-16(19,20)21)5-13(24-14)9-3-2-8(17)4-12(9)18/h2-6H,7H2,1H3,(H,22,26). The second-order valence-corrected chi connectivity index (χ2v) is 6.33. The molecule has 3 aromatic rings. The number of rotatable bonds is 3. The number of fused-ring (bicyclic) bond motifs is 1. The lowest BCUT2D eigenvalue weighted by molar-refractivity contribution is -0.123. The number of carbonyl (C=O) groups excluding carboxylic acids is 1. The molecular weight excluding hydrogens is 392 g/mol. The molecule has 0 aliphatic heterocycles. The zero-order chi connectivity index (χ0) is 19.1. The number of nitrogens with zero attached hydrogens (tertiary/aromatic N) is 3. The van der Waals surface area contributed by atoms with Gasteiger partial charge in [0, 0.05) is 17.6 Å². The molecule has 0 bridgehead atoms. The van der Waals surface area contributed by atoms with Crippen LogP contribution in [0.4, 0.5) is 13.2 Å². The van der Waals surface area contributed by atoms with Crippen molar-refractivity contribution in [1.82, 2.24) is 20.1 Å². The van der Waals surface area contributed by atoms with E-state index in [-0.39, 0.29) is 5.56 Å². The first-order valence-corrected chi connectivity index (χ1v) is 8.04. The van der Waals surface area contributed by atoms with E-state index in [0.717, 1.165) is 0 Å². The molecule has 0 spiro atoms. The summed E-state index contributed by atoms with van der Waals surface area (Å²) in [6, 6.07) is 6.11. The third-order valence-electron chi connectivity index (χ3n) is 3.61. The topological polar surface area (TPSA) is 59.8 Å². The molecule has 0 radical (unpaired) electrons. The molecule has 5 nitrogen and oxygen atoms in total. The van der Waals surface area contributed by atoms with E-state index in [0.29, 0.717) is 32.3 Å². The zero-order valence-electron chi connectivity index (χ0n) is 13.2. The molecule has 1 aromatic carbocycles. The minimum Gasteiger partial charge on any atom is -0.343 e. The Hall–Kier alpha value is -2.32. The monoisotopic (exact) mass is 402 g/mol. The van der Waals surface area contributed by atoms with Crippen molar-refractivity contribution in [2.75, 3.05) is 6.54 Å². The van der Waals surface area contributed by atoms with Crippen LogP contribution in [-0.4, -0.2) is 33.4 Å². The number of amides is 1. The summed E-state index contributed by atoms with van der Waals surface area (Å²) in [4.78, 5) is 16.7. The van der Waals surface area contributed by atoms with Crippen LogP contribution in [0.5, 0.6) is 0 Å². The van der Waals surface area contributed by atoms with Crippen LogP contribution >= 0.6 is 23.2 Å². The highest BCUT2D eigenvalue weighted by Gasteiger charge is 2.28. The van der Waals surface area contributed by atoms with Gasteiger partial charge in [-0.05, 0) is 24.3 Å². The van der Waals surface area contributed by atoms with E-state index < -0.39 is 18.6 Å². The van der Waals surface area contributed by atoms with Crippen molar-refractivity contribution in [3.63, 3.8) is 0 Å². The fraction of sp³-hybridized carbons (Fsp3) is 0.188. The average molecular weight is 403 g/mol. The van der Waals surface area contributed by atoms with Crippen LogP contribution in [0.1, 0.15) is 10.4 Å². The van der Waals surface area contributed by atoms with Crippen LogP contribution in [0.25, 0.3) is 22.3 Å². The lowest BCUT2D eigenvalue weighted by atomic mass is 10.1. The van der Waals surface area contributed by atoms with Crippen molar-refractivity contribution in [3.05, 3.63) is 46.1 Å². The Morgan fingerprint density at radius 3 is 2.65 bits per heavy atom. The van der Waals surface area contributed by atoms with Gasteiger partial charge in [0.25, 0.3) is 5.91 Å². The first-order chi connectivity index (χ1) is 12.2. The summed E-state index contributed by atoms with van der Waals surface area (Å²) in [5.74, 6) is -0.880. The number of aryl methyl sites for hydroxylation is 1. The van der Waals surface area contributed by atoms with Gasteiger partial charge >= 0.3 is 6.18 Å². The van der Waals surface area contributed by atoms with E-state index in [1.165, 1.54) is 23.0 Å². The molecule has 2 aromatic heterocycles. The summed E-state index contributed by atoms with van der Waals surface area (Å²) in [5.41, 5.74) is 1.17. The van der Waals surface area contributed by atoms with Gasteiger partial charge in [0.1, 0.15) is 6.54 Å². The van der Waals surface area contributed by atoms with E-state index in [4.69, 9.17) is 23.2 Å². The van der Waals surface area contributed by atoms with E-state index in [1.807, 2.05) is 5.32 Å². The van der Waals surface area contributed by atoms with Gasteiger partial charge in [-0.1, -0.05) is 23.2 Å². The van der Waals surface area contributed by atoms with Gasteiger partial charge in [-0.2, -0.15) is 18.3 Å². The summed E-state index contributed by atoms with van der Waals surface area (Å²) in [5, 5.41) is 6.93. The van der Waals surface area contributed by atoms with Gasteiger partial charge in [-0.25, -0.2) is 4.98 Å². The average Bonchev–Trinajstić information content (AvgIpc) is 2.92. The predicted molar refractivity (Wildman–Crippen MR) is 92.4 cm³/mol. The molecule has 0 aliphatic carbocycles. The van der Waals surface area contributed by atoms with Crippen LogP contribution in [0.3, 0.4) is 0 Å².